The van der Waals surface area contributed by atoms with E-state index in [1.54, 1.807) is 0 Å². The molecule has 2 N–H and O–H groups in total. The first-order valence-corrected chi connectivity index (χ1v) is 5.37. The van der Waals surface area contributed by atoms with Crippen LogP contribution < -0.4 is 9.88 Å². The number of nitrogens with zero attached hydrogens (tertiary/aromatic N) is 1. The summed E-state index contributed by atoms with van der Waals surface area (Å²) in [5.41, 5.74) is -1.23. The number of hydrogen-bond donors (Lipinski definition) is 1. The number of aromatic nitrogens is 1. The molecule has 0 bridgehead atoms. The summed E-state index contributed by atoms with van der Waals surface area (Å²) in [4.78, 5) is 2.15. The van der Waals surface area contributed by atoms with E-state index in [0.29, 0.717) is 6.20 Å². The van der Waals surface area contributed by atoms with Crippen molar-refractivity contribution in [2.24, 2.45) is 5.14 Å². The molecule has 0 aliphatic rings. The lowest BCUT2D eigenvalue weighted by molar-refractivity contribution is 0.139. The number of methoxy groups -OCH3 is 1. The molecule has 0 unspecified atom stereocenters. The van der Waals surface area contributed by atoms with Crippen molar-refractivity contribution < 1.29 is 26.3 Å². The lowest BCUT2D eigenvalue weighted by Gasteiger charge is -2.09. The van der Waals surface area contributed by atoms with Crippen LogP contribution in [0.3, 0.4) is 0 Å². The zero-order valence-electron chi connectivity index (χ0n) is 7.95. The van der Waals surface area contributed by atoms with Crippen molar-refractivity contribution in [1.82, 2.24) is 4.98 Å². The zero-order valence-corrected chi connectivity index (χ0v) is 8.76. The third-order valence-corrected chi connectivity index (χ3v) is 2.60. The SMILES string of the molecule is COc1ncc(S(N)(=O)=O)c(F)c1C(F)F. The minimum Gasteiger partial charge on any atom is -0.481 e. The van der Waals surface area contributed by atoms with Gasteiger partial charge in [-0.1, -0.05) is 0 Å². The Labute approximate surface area is 89.1 Å². The molecule has 0 radical (unpaired) electrons. The maximum atomic E-state index is 13.4. The Morgan fingerprint density at radius 2 is 2.06 bits per heavy atom. The van der Waals surface area contributed by atoms with Crippen molar-refractivity contribution in [3.8, 4) is 5.88 Å². The van der Waals surface area contributed by atoms with Crippen LogP contribution in [0.1, 0.15) is 12.0 Å². The van der Waals surface area contributed by atoms with E-state index in [9.17, 15) is 21.6 Å². The highest BCUT2D eigenvalue weighted by Gasteiger charge is 2.27. The summed E-state index contributed by atoms with van der Waals surface area (Å²) < 4.78 is 64.4. The molecule has 5 nitrogen and oxygen atoms in total. The number of nitrogens with two attached hydrogens (primary N) is 1. The van der Waals surface area contributed by atoms with Crippen LogP contribution in [0.4, 0.5) is 13.2 Å². The molecule has 0 saturated heterocycles. The van der Waals surface area contributed by atoms with Gasteiger partial charge in [-0.25, -0.2) is 31.7 Å². The predicted molar refractivity (Wildman–Crippen MR) is 47.1 cm³/mol. The second-order valence-corrected chi connectivity index (χ2v) is 4.23. The fourth-order valence-corrected chi connectivity index (χ4v) is 1.58. The van der Waals surface area contributed by atoms with E-state index in [2.05, 4.69) is 14.9 Å². The minimum absolute atomic E-state index is 0.523. The van der Waals surface area contributed by atoms with E-state index >= 15 is 0 Å². The van der Waals surface area contributed by atoms with Gasteiger partial charge in [0.15, 0.2) is 5.82 Å². The van der Waals surface area contributed by atoms with Crippen LogP contribution in [0.2, 0.25) is 0 Å². The first-order valence-electron chi connectivity index (χ1n) is 3.82. The van der Waals surface area contributed by atoms with Gasteiger partial charge in [-0.3, -0.25) is 0 Å². The number of sulfonamides is 1. The average Bonchev–Trinajstić information content (AvgIpc) is 2.14. The number of hydrogen-bond acceptors (Lipinski definition) is 4. The van der Waals surface area contributed by atoms with Crippen LogP contribution in [0, 0.1) is 5.82 Å². The summed E-state index contributed by atoms with van der Waals surface area (Å²) in [6, 6.07) is 0. The number of rotatable bonds is 3. The van der Waals surface area contributed by atoms with Gasteiger partial charge in [0, 0.05) is 0 Å². The molecular formula is C7H7F3N2O3S. The van der Waals surface area contributed by atoms with Crippen molar-refractivity contribution in [1.29, 1.82) is 0 Å². The van der Waals surface area contributed by atoms with Crippen LogP contribution in [0.25, 0.3) is 0 Å². The highest BCUT2D eigenvalue weighted by atomic mass is 32.2. The van der Waals surface area contributed by atoms with Gasteiger partial charge in [-0.05, 0) is 0 Å². The lowest BCUT2D eigenvalue weighted by atomic mass is 10.2. The Bertz CT molecular complexity index is 504. The van der Waals surface area contributed by atoms with E-state index in [1.165, 1.54) is 0 Å². The molecule has 0 amide bonds. The van der Waals surface area contributed by atoms with Gasteiger partial charge >= 0.3 is 0 Å². The van der Waals surface area contributed by atoms with Crippen molar-refractivity contribution in [3.63, 3.8) is 0 Å². The highest BCUT2D eigenvalue weighted by Crippen LogP contribution is 2.32. The molecule has 1 rings (SSSR count). The Hall–Kier alpha value is -1.35. The van der Waals surface area contributed by atoms with E-state index in [1.807, 2.05) is 0 Å². The molecule has 9 heteroatoms. The molecule has 1 heterocycles. The van der Waals surface area contributed by atoms with Crippen LogP contribution in [-0.2, 0) is 10.0 Å². The van der Waals surface area contributed by atoms with Crippen molar-refractivity contribution in [3.05, 3.63) is 17.6 Å². The Balaban J connectivity index is 3.57. The zero-order chi connectivity index (χ0) is 12.5. The summed E-state index contributed by atoms with van der Waals surface area (Å²) in [5.74, 6) is -2.33. The molecule has 1 aromatic rings. The van der Waals surface area contributed by atoms with Crippen LogP contribution in [0.15, 0.2) is 11.1 Å². The second-order valence-electron chi connectivity index (χ2n) is 2.71. The van der Waals surface area contributed by atoms with E-state index < -0.39 is 38.6 Å². The molecule has 0 atom stereocenters. The Kier molecular flexibility index (Phi) is 3.38. The maximum Gasteiger partial charge on any atom is 0.271 e. The lowest BCUT2D eigenvalue weighted by Crippen LogP contribution is -2.16. The summed E-state index contributed by atoms with van der Waals surface area (Å²) in [6.07, 6.45) is -2.74. The first kappa shape index (κ1) is 12.7. The summed E-state index contributed by atoms with van der Waals surface area (Å²) in [7, 11) is -3.44. The van der Waals surface area contributed by atoms with Gasteiger partial charge in [0.1, 0.15) is 10.5 Å². The fourth-order valence-electron chi connectivity index (χ4n) is 1.02. The number of primary sulfonamides is 1. The van der Waals surface area contributed by atoms with E-state index in [-0.39, 0.29) is 0 Å². The third-order valence-electron chi connectivity index (χ3n) is 1.70. The molecule has 0 aliphatic heterocycles. The van der Waals surface area contributed by atoms with Gasteiger partial charge < -0.3 is 4.74 Å². The number of halogens is 3. The first-order chi connectivity index (χ1) is 7.29. The topological polar surface area (TPSA) is 82.3 Å². The summed E-state index contributed by atoms with van der Waals surface area (Å²) >= 11 is 0. The molecule has 1 aromatic heterocycles. The van der Waals surface area contributed by atoms with Crippen molar-refractivity contribution in [2.75, 3.05) is 7.11 Å². The number of ether oxygens (including phenoxy) is 1. The largest absolute Gasteiger partial charge is 0.481 e. The molecule has 0 aromatic carbocycles. The third kappa shape index (κ3) is 2.25. The monoisotopic (exact) mass is 256 g/mol. The molecule has 90 valence electrons. The normalized spacial score (nSPS) is 11.9. The van der Waals surface area contributed by atoms with Gasteiger partial charge in [0.2, 0.25) is 15.9 Å². The Morgan fingerprint density at radius 3 is 2.44 bits per heavy atom. The maximum absolute atomic E-state index is 13.4. The molecule has 16 heavy (non-hydrogen) atoms. The Morgan fingerprint density at radius 1 is 1.50 bits per heavy atom. The molecule has 0 fully saturated rings. The predicted octanol–water partition coefficient (Wildman–Crippen LogP) is 0.814. The van der Waals surface area contributed by atoms with Gasteiger partial charge in [0.05, 0.1) is 13.3 Å². The molecular weight excluding hydrogens is 249 g/mol. The van der Waals surface area contributed by atoms with Crippen molar-refractivity contribution >= 4 is 10.0 Å². The smallest absolute Gasteiger partial charge is 0.271 e. The van der Waals surface area contributed by atoms with Crippen LogP contribution in [0.5, 0.6) is 5.88 Å². The molecule has 0 saturated carbocycles. The van der Waals surface area contributed by atoms with Crippen LogP contribution in [-0.4, -0.2) is 20.5 Å². The highest BCUT2D eigenvalue weighted by molar-refractivity contribution is 7.89. The van der Waals surface area contributed by atoms with E-state index in [4.69, 9.17) is 0 Å². The minimum atomic E-state index is -4.44. The van der Waals surface area contributed by atoms with Crippen molar-refractivity contribution in [2.45, 2.75) is 11.3 Å². The second kappa shape index (κ2) is 4.26. The quantitative estimate of drug-likeness (QED) is 0.867. The van der Waals surface area contributed by atoms with Gasteiger partial charge in [-0.15, -0.1) is 0 Å². The number of pyridine rings is 1. The van der Waals surface area contributed by atoms with Gasteiger partial charge in [0.25, 0.3) is 6.43 Å². The van der Waals surface area contributed by atoms with E-state index in [0.717, 1.165) is 7.11 Å². The average molecular weight is 256 g/mol. The molecule has 0 aliphatic carbocycles. The standard InChI is InChI=1S/C7H7F3N2O3S/c1-15-7-4(6(9)10)5(8)3(2-12-7)16(11,13)14/h2,6H,1H3,(H2,11,13,14). The van der Waals surface area contributed by atoms with Crippen LogP contribution >= 0.6 is 0 Å². The summed E-state index contributed by atoms with van der Waals surface area (Å²) in [6.45, 7) is 0. The fraction of sp³-hybridized carbons (Fsp3) is 0.286. The summed E-state index contributed by atoms with van der Waals surface area (Å²) in [5, 5.41) is 4.62. The van der Waals surface area contributed by atoms with Gasteiger partial charge in [-0.2, -0.15) is 0 Å². The number of alkyl halides is 2. The molecule has 0 spiro atoms.